The first-order chi connectivity index (χ1) is 19.2. The van der Waals surface area contributed by atoms with E-state index in [0.717, 1.165) is 13.8 Å². The van der Waals surface area contributed by atoms with Gasteiger partial charge in [0.1, 0.15) is 17.1 Å². The molecular formula is C22H32ClF4N4O10P. The van der Waals surface area contributed by atoms with Gasteiger partial charge < -0.3 is 23.8 Å². The van der Waals surface area contributed by atoms with E-state index < -0.39 is 97.1 Å². The van der Waals surface area contributed by atoms with Gasteiger partial charge in [-0.15, -0.1) is 0 Å². The van der Waals surface area contributed by atoms with Crippen LogP contribution in [0.1, 0.15) is 47.8 Å². The predicted octanol–water partition coefficient (Wildman–Crippen LogP) is 1.70. The molecular weight excluding hydrogens is 623 g/mol. The van der Waals surface area contributed by atoms with Gasteiger partial charge in [-0.05, 0) is 41.5 Å². The zero-order chi connectivity index (χ0) is 32.4. The van der Waals surface area contributed by atoms with Gasteiger partial charge in [-0.1, -0.05) is 11.6 Å². The molecule has 0 aliphatic carbocycles. The van der Waals surface area contributed by atoms with E-state index in [1.165, 1.54) is 27.7 Å². The second kappa shape index (κ2) is 13.5. The number of aromatic nitrogens is 2. The maximum absolute atomic E-state index is 15.2. The Balaban J connectivity index is 2.48. The number of rotatable bonds is 13. The van der Waals surface area contributed by atoms with E-state index in [9.17, 15) is 37.6 Å². The lowest BCUT2D eigenvalue weighted by atomic mass is 9.96. The number of aromatic amines is 1. The highest BCUT2D eigenvalue weighted by Crippen LogP contribution is 2.52. The van der Waals surface area contributed by atoms with E-state index in [1.807, 2.05) is 0 Å². The van der Waals surface area contributed by atoms with Crippen LogP contribution in [0.4, 0.5) is 17.6 Å². The smallest absolute Gasteiger partial charge is 0.342 e. The molecule has 2 rings (SSSR count). The molecule has 0 radical (unpaired) electrons. The maximum atomic E-state index is 15.2. The molecule has 1 aliphatic heterocycles. The summed E-state index contributed by atoms with van der Waals surface area (Å²) in [5, 5.41) is 14.0. The number of halogens is 5. The van der Waals surface area contributed by atoms with Gasteiger partial charge >= 0.3 is 31.2 Å². The summed E-state index contributed by atoms with van der Waals surface area (Å²) < 4.78 is 92.8. The molecule has 14 nitrogen and oxygen atoms in total. The van der Waals surface area contributed by atoms with Crippen LogP contribution in [0.2, 0.25) is 5.02 Å². The Morgan fingerprint density at radius 1 is 1.10 bits per heavy atom. The number of H-pyrrole nitrogens is 1. The minimum Gasteiger partial charge on any atom is -0.462 e. The Bertz CT molecular complexity index is 1280. The van der Waals surface area contributed by atoms with E-state index >= 15 is 8.78 Å². The molecule has 1 fully saturated rings. The van der Waals surface area contributed by atoms with Crippen LogP contribution in [-0.2, 0) is 32.9 Å². The Hall–Kier alpha value is -2.34. The van der Waals surface area contributed by atoms with Crippen molar-refractivity contribution in [3.63, 3.8) is 0 Å². The fraction of sp³-hybridized carbons (Fsp3) is 0.727. The number of aliphatic hydroxyl groups excluding tert-OH is 1. The lowest BCUT2D eigenvalue weighted by Gasteiger charge is -2.33. The Kier molecular flexibility index (Phi) is 11.5. The summed E-state index contributed by atoms with van der Waals surface area (Å²) in [6.45, 7) is 6.59. The number of esters is 2. The molecule has 4 N–H and O–H groups in total. The molecule has 0 spiro atoms. The number of aliphatic hydroxyl groups is 1. The molecule has 1 aromatic heterocycles. The Morgan fingerprint density at radius 3 is 2.00 bits per heavy atom. The highest BCUT2D eigenvalue weighted by molar-refractivity contribution is 7.54. The van der Waals surface area contributed by atoms with Crippen LogP contribution in [0.5, 0.6) is 0 Å². The summed E-state index contributed by atoms with van der Waals surface area (Å²) in [5.74, 6) is -6.58. The fourth-order valence-electron chi connectivity index (χ4n) is 3.62. The van der Waals surface area contributed by atoms with Gasteiger partial charge in [0.15, 0.2) is 11.7 Å². The summed E-state index contributed by atoms with van der Waals surface area (Å²) in [6, 6.07) is -2.93. The van der Waals surface area contributed by atoms with Crippen molar-refractivity contribution in [2.75, 3.05) is 6.61 Å². The van der Waals surface area contributed by atoms with Crippen molar-refractivity contribution in [2.45, 2.75) is 96.1 Å². The number of hydrogen-bond acceptors (Lipinski definition) is 10. The van der Waals surface area contributed by atoms with E-state index in [4.69, 9.17) is 30.3 Å². The quantitative estimate of drug-likeness (QED) is 0.137. The fourth-order valence-corrected chi connectivity index (χ4v) is 5.61. The van der Waals surface area contributed by atoms with E-state index in [2.05, 4.69) is 10.2 Å². The summed E-state index contributed by atoms with van der Waals surface area (Å²) >= 11 is 5.59. The molecule has 240 valence electrons. The highest BCUT2D eigenvalue weighted by Gasteiger charge is 2.71. The lowest BCUT2D eigenvalue weighted by Crippen LogP contribution is -2.55. The SMILES string of the molecule is CC(C)OC(=O)C(C)NP(=O)(NC(C)C(=O)OC(C)C)OCC1(C(F)F)OC(n2cc(Cl)c(=O)[nH]c2=O)C(F)(F)C1O. The summed E-state index contributed by atoms with van der Waals surface area (Å²) in [4.78, 5) is 49.9. The van der Waals surface area contributed by atoms with Crippen LogP contribution in [0, 0.1) is 0 Å². The molecule has 1 aromatic rings. The van der Waals surface area contributed by atoms with E-state index in [-0.39, 0.29) is 4.57 Å². The Labute approximate surface area is 241 Å². The normalized spacial score (nSPS) is 24.9. The number of nitrogens with zero attached hydrogens (tertiary/aromatic N) is 1. The van der Waals surface area contributed by atoms with Crippen molar-refractivity contribution in [3.8, 4) is 0 Å². The third-order valence-electron chi connectivity index (χ3n) is 5.64. The van der Waals surface area contributed by atoms with Crippen LogP contribution in [-0.4, -0.2) is 81.5 Å². The van der Waals surface area contributed by atoms with Crippen molar-refractivity contribution in [1.82, 2.24) is 19.7 Å². The molecule has 42 heavy (non-hydrogen) atoms. The standard InChI is InChI=1S/C22H32ClF4N4O10P/c1-9(2)39-15(33)11(5)29-42(37,30-12(6)16(34)40-10(3)4)38-8-21(18(24)25)17(35)22(26,27)19(41-21)31-7-13(23)14(32)28-20(31)36/h7,9-12,17-19,35H,8H2,1-6H3,(H,28,32,36)(H2,29,30,37). The molecule has 5 atom stereocenters. The molecule has 0 amide bonds. The Morgan fingerprint density at radius 2 is 1.57 bits per heavy atom. The summed E-state index contributed by atoms with van der Waals surface area (Å²) in [5.41, 5.74) is -6.34. The molecule has 1 saturated heterocycles. The zero-order valence-electron chi connectivity index (χ0n) is 23.2. The van der Waals surface area contributed by atoms with Gasteiger partial charge in [-0.2, -0.15) is 8.78 Å². The van der Waals surface area contributed by atoms with Crippen LogP contribution in [0.25, 0.3) is 0 Å². The number of nitrogens with one attached hydrogen (secondary N) is 3. The average molecular weight is 655 g/mol. The van der Waals surface area contributed by atoms with Crippen LogP contribution in [0.15, 0.2) is 15.8 Å². The van der Waals surface area contributed by atoms with E-state index in [1.54, 1.807) is 4.98 Å². The van der Waals surface area contributed by atoms with Gasteiger partial charge in [0, 0.05) is 6.20 Å². The number of carbonyl (C=O) groups excluding carboxylic acids is 2. The van der Waals surface area contributed by atoms with Gasteiger partial charge in [-0.3, -0.25) is 28.5 Å². The number of ether oxygens (including phenoxy) is 3. The minimum absolute atomic E-state index is 0.0127. The zero-order valence-corrected chi connectivity index (χ0v) is 24.9. The molecule has 0 aromatic carbocycles. The highest BCUT2D eigenvalue weighted by atomic mass is 35.5. The molecule has 20 heteroatoms. The van der Waals surface area contributed by atoms with Gasteiger partial charge in [0.2, 0.25) is 6.23 Å². The topological polar surface area (TPSA) is 187 Å². The van der Waals surface area contributed by atoms with Crippen molar-refractivity contribution in [1.29, 1.82) is 0 Å². The third kappa shape index (κ3) is 7.98. The van der Waals surface area contributed by atoms with Crippen LogP contribution >= 0.6 is 19.3 Å². The molecule has 2 heterocycles. The third-order valence-corrected chi connectivity index (χ3v) is 7.86. The second-order valence-corrected chi connectivity index (χ2v) is 12.2. The molecule has 5 unspecified atom stereocenters. The first-order valence-electron chi connectivity index (χ1n) is 12.4. The number of alkyl halides is 4. The first-order valence-corrected chi connectivity index (χ1v) is 14.4. The molecule has 0 saturated carbocycles. The monoisotopic (exact) mass is 654 g/mol. The number of hydrogen-bond donors (Lipinski definition) is 4. The van der Waals surface area contributed by atoms with E-state index in [0.29, 0.717) is 6.20 Å². The van der Waals surface area contributed by atoms with Crippen molar-refractivity contribution in [2.24, 2.45) is 0 Å². The van der Waals surface area contributed by atoms with Crippen LogP contribution in [0.3, 0.4) is 0 Å². The second-order valence-electron chi connectivity index (χ2n) is 9.94. The summed E-state index contributed by atoms with van der Waals surface area (Å²) in [7, 11) is -4.85. The minimum atomic E-state index is -4.85. The van der Waals surface area contributed by atoms with Crippen molar-refractivity contribution in [3.05, 3.63) is 32.1 Å². The van der Waals surface area contributed by atoms with Crippen LogP contribution < -0.4 is 21.4 Å². The first kappa shape index (κ1) is 35.9. The maximum Gasteiger partial charge on any atom is 0.342 e. The van der Waals surface area contributed by atoms with Gasteiger partial charge in [0.25, 0.3) is 12.0 Å². The predicted molar refractivity (Wildman–Crippen MR) is 137 cm³/mol. The van der Waals surface area contributed by atoms with Gasteiger partial charge in [0.05, 0.1) is 18.8 Å². The number of carbonyl (C=O) groups is 2. The molecule has 1 aliphatic rings. The largest absolute Gasteiger partial charge is 0.462 e. The summed E-state index contributed by atoms with van der Waals surface area (Å²) in [6.07, 6.45) is -11.1. The van der Waals surface area contributed by atoms with Crippen molar-refractivity contribution >= 4 is 31.2 Å². The van der Waals surface area contributed by atoms with Crippen molar-refractivity contribution < 1.29 is 55.6 Å². The molecule has 0 bridgehead atoms. The van der Waals surface area contributed by atoms with Gasteiger partial charge in [-0.25, -0.2) is 23.7 Å². The average Bonchev–Trinajstić information content (AvgIpc) is 3.05. The lowest BCUT2D eigenvalue weighted by molar-refractivity contribution is -0.192.